The molecular weight excluding hydrogens is 350 g/mol. The van der Waals surface area contributed by atoms with Crippen molar-refractivity contribution in [2.75, 3.05) is 0 Å². The molecule has 0 spiro atoms. The molecule has 0 aromatic carbocycles. The van der Waals surface area contributed by atoms with Gasteiger partial charge in [-0.25, -0.2) is 0 Å². The van der Waals surface area contributed by atoms with Gasteiger partial charge in [0.25, 0.3) is 5.56 Å². The second-order valence-corrected chi connectivity index (χ2v) is 5.61. The van der Waals surface area contributed by atoms with Crippen LogP contribution in [0.5, 0.6) is 0 Å². The molecule has 2 aromatic heterocycles. The first-order chi connectivity index (χ1) is 7.97. The van der Waals surface area contributed by atoms with E-state index < -0.39 is 0 Å². The summed E-state index contributed by atoms with van der Waals surface area (Å²) in [5.74, 6) is 0. The van der Waals surface area contributed by atoms with Crippen LogP contribution < -0.4 is 5.56 Å². The molecule has 90 valence electrons. The molecule has 0 radical (unpaired) electrons. The van der Waals surface area contributed by atoms with Crippen molar-refractivity contribution in [3.05, 3.63) is 49.0 Å². The Bertz CT molecular complexity index is 616. The van der Waals surface area contributed by atoms with Crippen LogP contribution >= 0.6 is 31.9 Å². The fraction of sp³-hybridized carbons (Fsp3) is 0.273. The summed E-state index contributed by atoms with van der Waals surface area (Å²) >= 11 is 6.62. The van der Waals surface area contributed by atoms with Gasteiger partial charge >= 0.3 is 0 Å². The number of pyridine rings is 1. The van der Waals surface area contributed by atoms with Gasteiger partial charge < -0.3 is 4.57 Å². The second kappa shape index (κ2) is 4.78. The maximum atomic E-state index is 11.9. The van der Waals surface area contributed by atoms with Crippen LogP contribution in [0.4, 0.5) is 0 Å². The standard InChI is InChI=1S/C11H11Br2N3O/c1-7-3-9(15(2)14-7)6-16-5-8(12)4-10(13)11(16)17/h3-5H,6H2,1-2H3. The molecule has 0 N–H and O–H groups in total. The van der Waals surface area contributed by atoms with Crippen LogP contribution in [0.25, 0.3) is 0 Å². The summed E-state index contributed by atoms with van der Waals surface area (Å²) in [6.45, 7) is 2.44. The smallest absolute Gasteiger partial charge is 0.265 e. The van der Waals surface area contributed by atoms with E-state index in [1.54, 1.807) is 21.5 Å². The van der Waals surface area contributed by atoms with Crippen molar-refractivity contribution in [1.29, 1.82) is 0 Å². The first kappa shape index (κ1) is 12.6. The number of hydrogen-bond donors (Lipinski definition) is 0. The largest absolute Gasteiger partial charge is 0.307 e. The van der Waals surface area contributed by atoms with Gasteiger partial charge in [-0.05, 0) is 50.9 Å². The van der Waals surface area contributed by atoms with Crippen LogP contribution in [-0.2, 0) is 13.6 Å². The predicted molar refractivity (Wildman–Crippen MR) is 73.1 cm³/mol. The van der Waals surface area contributed by atoms with Gasteiger partial charge in [-0.2, -0.15) is 5.10 Å². The van der Waals surface area contributed by atoms with Crippen molar-refractivity contribution >= 4 is 31.9 Å². The number of nitrogens with zero attached hydrogens (tertiary/aromatic N) is 3. The lowest BCUT2D eigenvalue weighted by atomic mass is 10.3. The summed E-state index contributed by atoms with van der Waals surface area (Å²) in [6.07, 6.45) is 1.77. The van der Waals surface area contributed by atoms with Crippen LogP contribution in [0.1, 0.15) is 11.4 Å². The van der Waals surface area contributed by atoms with Crippen molar-refractivity contribution in [3.63, 3.8) is 0 Å². The average Bonchev–Trinajstić information content (AvgIpc) is 2.53. The van der Waals surface area contributed by atoms with E-state index in [0.29, 0.717) is 11.0 Å². The minimum Gasteiger partial charge on any atom is -0.307 e. The molecule has 17 heavy (non-hydrogen) atoms. The van der Waals surface area contributed by atoms with Crippen molar-refractivity contribution in [3.8, 4) is 0 Å². The van der Waals surface area contributed by atoms with Crippen LogP contribution in [0.15, 0.2) is 32.1 Å². The summed E-state index contributed by atoms with van der Waals surface area (Å²) in [5, 5.41) is 4.26. The van der Waals surface area contributed by atoms with E-state index in [9.17, 15) is 4.79 Å². The lowest BCUT2D eigenvalue weighted by Crippen LogP contribution is -2.21. The molecule has 0 fully saturated rings. The molecule has 0 saturated heterocycles. The Morgan fingerprint density at radius 1 is 1.35 bits per heavy atom. The molecule has 4 nitrogen and oxygen atoms in total. The molecular formula is C11H11Br2N3O. The molecule has 0 aliphatic heterocycles. The molecule has 0 amide bonds. The number of halogens is 2. The van der Waals surface area contributed by atoms with E-state index in [-0.39, 0.29) is 5.56 Å². The Labute approximate surface area is 116 Å². The number of rotatable bonds is 2. The van der Waals surface area contributed by atoms with E-state index in [1.165, 1.54) is 0 Å². The Kier molecular flexibility index (Phi) is 3.53. The molecule has 6 heteroatoms. The second-order valence-electron chi connectivity index (χ2n) is 3.84. The third-order valence-corrected chi connectivity index (χ3v) is 3.44. The molecule has 2 aromatic rings. The highest BCUT2D eigenvalue weighted by Crippen LogP contribution is 2.14. The Morgan fingerprint density at radius 3 is 2.65 bits per heavy atom. The summed E-state index contributed by atoms with van der Waals surface area (Å²) in [7, 11) is 1.88. The lowest BCUT2D eigenvalue weighted by molar-refractivity contribution is 0.649. The molecule has 0 aliphatic carbocycles. The third-order valence-electron chi connectivity index (χ3n) is 2.44. The summed E-state index contributed by atoms with van der Waals surface area (Å²) < 4.78 is 4.84. The van der Waals surface area contributed by atoms with Crippen LogP contribution in [0.2, 0.25) is 0 Å². The highest BCUT2D eigenvalue weighted by Gasteiger charge is 2.07. The summed E-state index contributed by atoms with van der Waals surface area (Å²) in [4.78, 5) is 11.9. The molecule has 2 heterocycles. The molecule has 0 aliphatic rings. The molecule has 0 saturated carbocycles. The lowest BCUT2D eigenvalue weighted by Gasteiger charge is -2.07. The fourth-order valence-corrected chi connectivity index (χ4v) is 2.93. The Hall–Kier alpha value is -0.880. The monoisotopic (exact) mass is 359 g/mol. The zero-order valence-electron chi connectivity index (χ0n) is 9.44. The fourth-order valence-electron chi connectivity index (χ4n) is 1.67. The number of hydrogen-bond acceptors (Lipinski definition) is 2. The van der Waals surface area contributed by atoms with Gasteiger partial charge in [0.05, 0.1) is 22.4 Å². The van der Waals surface area contributed by atoms with Gasteiger partial charge in [0, 0.05) is 17.7 Å². The minimum absolute atomic E-state index is 0.0490. The first-order valence-corrected chi connectivity index (χ1v) is 6.61. The zero-order valence-corrected chi connectivity index (χ0v) is 12.6. The third kappa shape index (κ3) is 2.69. The van der Waals surface area contributed by atoms with Crippen molar-refractivity contribution < 1.29 is 0 Å². The van der Waals surface area contributed by atoms with Gasteiger partial charge in [0.2, 0.25) is 0 Å². The molecule has 0 atom stereocenters. The number of aromatic nitrogens is 3. The van der Waals surface area contributed by atoms with Gasteiger partial charge in [-0.1, -0.05) is 0 Å². The quantitative estimate of drug-likeness (QED) is 0.825. The zero-order chi connectivity index (χ0) is 12.6. The highest BCUT2D eigenvalue weighted by molar-refractivity contribution is 9.11. The van der Waals surface area contributed by atoms with E-state index in [4.69, 9.17) is 0 Å². The van der Waals surface area contributed by atoms with Crippen molar-refractivity contribution in [2.45, 2.75) is 13.5 Å². The predicted octanol–water partition coefficient (Wildman–Crippen LogP) is 2.46. The first-order valence-electron chi connectivity index (χ1n) is 5.02. The molecule has 0 bridgehead atoms. The van der Waals surface area contributed by atoms with E-state index in [1.807, 2.05) is 20.0 Å². The van der Waals surface area contributed by atoms with Crippen LogP contribution in [0, 0.1) is 6.92 Å². The molecule has 2 rings (SSSR count). The maximum absolute atomic E-state index is 11.9. The van der Waals surface area contributed by atoms with Crippen molar-refractivity contribution in [2.24, 2.45) is 7.05 Å². The highest BCUT2D eigenvalue weighted by atomic mass is 79.9. The summed E-state index contributed by atoms with van der Waals surface area (Å²) in [6, 6.07) is 3.72. The Balaban J connectivity index is 2.43. The number of aryl methyl sites for hydroxylation is 2. The van der Waals surface area contributed by atoms with E-state index in [0.717, 1.165) is 15.9 Å². The van der Waals surface area contributed by atoms with Gasteiger partial charge in [-0.15, -0.1) is 0 Å². The van der Waals surface area contributed by atoms with Gasteiger partial charge in [-0.3, -0.25) is 9.48 Å². The van der Waals surface area contributed by atoms with Crippen LogP contribution in [0.3, 0.4) is 0 Å². The average molecular weight is 361 g/mol. The van der Waals surface area contributed by atoms with E-state index >= 15 is 0 Å². The van der Waals surface area contributed by atoms with Gasteiger partial charge in [0.1, 0.15) is 0 Å². The SMILES string of the molecule is Cc1cc(Cn2cc(Br)cc(Br)c2=O)n(C)n1. The van der Waals surface area contributed by atoms with Crippen LogP contribution in [-0.4, -0.2) is 14.3 Å². The van der Waals surface area contributed by atoms with E-state index in [2.05, 4.69) is 37.0 Å². The Morgan fingerprint density at radius 2 is 2.06 bits per heavy atom. The topological polar surface area (TPSA) is 39.8 Å². The van der Waals surface area contributed by atoms with Crippen molar-refractivity contribution in [1.82, 2.24) is 14.3 Å². The molecule has 0 unspecified atom stereocenters. The maximum Gasteiger partial charge on any atom is 0.265 e. The summed E-state index contributed by atoms with van der Waals surface area (Å²) in [5.41, 5.74) is 1.89. The normalized spacial score (nSPS) is 10.8. The van der Waals surface area contributed by atoms with Gasteiger partial charge in [0.15, 0.2) is 0 Å². The minimum atomic E-state index is -0.0490.